The minimum Gasteiger partial charge on any atom is -0.353 e. The molecule has 1 aromatic rings. The van der Waals surface area contributed by atoms with Crippen LogP contribution in [0.15, 0.2) is 28.7 Å². The lowest BCUT2D eigenvalue weighted by molar-refractivity contribution is -0.129. The van der Waals surface area contributed by atoms with Crippen molar-refractivity contribution in [1.29, 1.82) is 0 Å². The first-order chi connectivity index (χ1) is 9.84. The molecule has 1 fully saturated rings. The Balaban J connectivity index is 1.78. The Hall–Kier alpha value is -0.870. The van der Waals surface area contributed by atoms with Gasteiger partial charge in [-0.15, -0.1) is 0 Å². The summed E-state index contributed by atoms with van der Waals surface area (Å²) in [4.78, 5) is 14.5. The van der Waals surface area contributed by atoms with Gasteiger partial charge in [-0.2, -0.15) is 0 Å². The van der Waals surface area contributed by atoms with Gasteiger partial charge in [0, 0.05) is 35.6 Å². The van der Waals surface area contributed by atoms with Crippen molar-refractivity contribution in [2.24, 2.45) is 5.41 Å². The van der Waals surface area contributed by atoms with E-state index in [1.54, 1.807) is 0 Å². The Morgan fingerprint density at radius 2 is 1.81 bits per heavy atom. The Labute approximate surface area is 136 Å². The highest BCUT2D eigenvalue weighted by Gasteiger charge is 2.26. The number of nitrogens with zero attached hydrogens (tertiary/aromatic N) is 1. The van der Waals surface area contributed by atoms with Gasteiger partial charge in [-0.25, -0.2) is 0 Å². The monoisotopic (exact) mass is 352 g/mol. The maximum atomic E-state index is 12.0. The summed E-state index contributed by atoms with van der Waals surface area (Å²) in [5.41, 5.74) is 1.05. The van der Waals surface area contributed by atoms with E-state index >= 15 is 0 Å². The third kappa shape index (κ3) is 5.11. The Morgan fingerprint density at radius 3 is 2.33 bits per heavy atom. The molecule has 1 saturated heterocycles. The highest BCUT2D eigenvalue weighted by Crippen LogP contribution is 2.18. The van der Waals surface area contributed by atoms with E-state index in [0.29, 0.717) is 6.04 Å². The van der Waals surface area contributed by atoms with Gasteiger partial charge >= 0.3 is 0 Å². The largest absolute Gasteiger partial charge is 0.353 e. The third-order valence-electron chi connectivity index (χ3n) is 3.92. The molecular weight excluding hydrogens is 328 g/mol. The average Bonchev–Trinajstić information content (AvgIpc) is 2.42. The van der Waals surface area contributed by atoms with Gasteiger partial charge < -0.3 is 5.32 Å². The van der Waals surface area contributed by atoms with Crippen molar-refractivity contribution in [3.8, 4) is 0 Å². The molecule has 0 aromatic heterocycles. The highest BCUT2D eigenvalue weighted by molar-refractivity contribution is 9.10. The van der Waals surface area contributed by atoms with E-state index in [2.05, 4.69) is 50.4 Å². The first kappa shape index (κ1) is 16.5. The van der Waals surface area contributed by atoms with Gasteiger partial charge in [0.05, 0.1) is 0 Å². The minimum atomic E-state index is -0.297. The molecule has 0 spiro atoms. The van der Waals surface area contributed by atoms with E-state index in [4.69, 9.17) is 0 Å². The average molecular weight is 353 g/mol. The van der Waals surface area contributed by atoms with E-state index in [1.807, 2.05) is 20.8 Å². The lowest BCUT2D eigenvalue weighted by Gasteiger charge is -2.33. The van der Waals surface area contributed by atoms with Crippen LogP contribution in [0, 0.1) is 5.41 Å². The normalized spacial score (nSPS) is 17.7. The zero-order valence-electron chi connectivity index (χ0n) is 13.2. The number of carbonyl (C=O) groups is 1. The molecule has 116 valence electrons. The van der Waals surface area contributed by atoms with E-state index in [-0.39, 0.29) is 11.3 Å². The Bertz CT molecular complexity index is 471. The quantitative estimate of drug-likeness (QED) is 0.901. The van der Waals surface area contributed by atoms with E-state index in [1.165, 1.54) is 5.56 Å². The summed E-state index contributed by atoms with van der Waals surface area (Å²) in [6.07, 6.45) is 2.08. The summed E-state index contributed by atoms with van der Waals surface area (Å²) in [5.74, 6) is 0.161. The van der Waals surface area contributed by atoms with Gasteiger partial charge in [0.15, 0.2) is 0 Å². The molecule has 0 bridgehead atoms. The van der Waals surface area contributed by atoms with Crippen LogP contribution in [-0.4, -0.2) is 29.9 Å². The minimum absolute atomic E-state index is 0.161. The SMILES string of the molecule is CC(C)(C)C(=O)NC1CCN(Cc2ccc(Br)cc2)CC1. The van der Waals surface area contributed by atoms with Crippen LogP contribution in [-0.2, 0) is 11.3 Å². The molecule has 2 rings (SSSR count). The molecule has 0 saturated carbocycles. The smallest absolute Gasteiger partial charge is 0.225 e. The molecule has 0 atom stereocenters. The van der Waals surface area contributed by atoms with E-state index in [0.717, 1.165) is 36.9 Å². The molecule has 21 heavy (non-hydrogen) atoms. The number of nitrogens with one attached hydrogen (secondary N) is 1. The summed E-state index contributed by atoms with van der Waals surface area (Å²) < 4.78 is 1.12. The molecule has 0 radical (unpaired) electrons. The second kappa shape index (κ2) is 6.93. The van der Waals surface area contributed by atoms with Crippen LogP contribution in [0.25, 0.3) is 0 Å². The molecule has 1 heterocycles. The van der Waals surface area contributed by atoms with Crippen LogP contribution < -0.4 is 5.32 Å². The molecule has 0 unspecified atom stereocenters. The van der Waals surface area contributed by atoms with Gasteiger partial charge in [-0.1, -0.05) is 48.8 Å². The van der Waals surface area contributed by atoms with Gasteiger partial charge in [0.2, 0.25) is 5.91 Å². The maximum Gasteiger partial charge on any atom is 0.225 e. The standard InChI is InChI=1S/C17H25BrN2O/c1-17(2,3)16(21)19-15-8-10-20(11-9-15)12-13-4-6-14(18)7-5-13/h4-7,15H,8-12H2,1-3H3,(H,19,21). The first-order valence-corrected chi connectivity index (χ1v) is 8.41. The molecule has 1 amide bonds. The van der Waals surface area contributed by atoms with Crippen LogP contribution in [0.4, 0.5) is 0 Å². The van der Waals surface area contributed by atoms with Crippen molar-refractivity contribution >= 4 is 21.8 Å². The van der Waals surface area contributed by atoms with Gasteiger partial charge in [0.1, 0.15) is 0 Å². The van der Waals surface area contributed by atoms with Crippen molar-refractivity contribution in [3.63, 3.8) is 0 Å². The second-order valence-electron chi connectivity index (χ2n) is 6.90. The third-order valence-corrected chi connectivity index (χ3v) is 4.45. The zero-order valence-corrected chi connectivity index (χ0v) is 14.7. The van der Waals surface area contributed by atoms with Crippen molar-refractivity contribution in [2.45, 2.75) is 46.2 Å². The lowest BCUT2D eigenvalue weighted by atomic mass is 9.94. The molecular formula is C17H25BrN2O. The number of carbonyl (C=O) groups excluding carboxylic acids is 1. The maximum absolute atomic E-state index is 12.0. The fourth-order valence-electron chi connectivity index (χ4n) is 2.49. The first-order valence-electron chi connectivity index (χ1n) is 7.62. The molecule has 1 N–H and O–H groups in total. The summed E-state index contributed by atoms with van der Waals surface area (Å²) >= 11 is 3.46. The van der Waals surface area contributed by atoms with Crippen LogP contribution >= 0.6 is 15.9 Å². The molecule has 4 heteroatoms. The number of hydrogen-bond donors (Lipinski definition) is 1. The summed E-state index contributed by atoms with van der Waals surface area (Å²) in [6.45, 7) is 8.98. The van der Waals surface area contributed by atoms with Crippen molar-refractivity contribution in [2.75, 3.05) is 13.1 Å². The van der Waals surface area contributed by atoms with Crippen LogP contribution in [0.2, 0.25) is 0 Å². The topological polar surface area (TPSA) is 32.3 Å². The van der Waals surface area contributed by atoms with Gasteiger partial charge in [-0.05, 0) is 30.5 Å². The van der Waals surface area contributed by atoms with Crippen molar-refractivity contribution in [3.05, 3.63) is 34.3 Å². The molecule has 1 aromatic carbocycles. The predicted molar refractivity (Wildman–Crippen MR) is 90.0 cm³/mol. The van der Waals surface area contributed by atoms with Crippen LogP contribution in [0.1, 0.15) is 39.2 Å². The fourth-order valence-corrected chi connectivity index (χ4v) is 2.75. The molecule has 3 nitrogen and oxygen atoms in total. The highest BCUT2D eigenvalue weighted by atomic mass is 79.9. The van der Waals surface area contributed by atoms with E-state index < -0.39 is 0 Å². The molecule has 0 aliphatic carbocycles. The molecule has 1 aliphatic rings. The van der Waals surface area contributed by atoms with E-state index in [9.17, 15) is 4.79 Å². The van der Waals surface area contributed by atoms with Gasteiger partial charge in [-0.3, -0.25) is 9.69 Å². The Kier molecular flexibility index (Phi) is 5.44. The summed E-state index contributed by atoms with van der Waals surface area (Å²) in [6, 6.07) is 8.84. The zero-order chi connectivity index (χ0) is 15.5. The van der Waals surface area contributed by atoms with Crippen LogP contribution in [0.5, 0.6) is 0 Å². The number of amides is 1. The molecule has 1 aliphatic heterocycles. The fraction of sp³-hybridized carbons (Fsp3) is 0.588. The second-order valence-corrected chi connectivity index (χ2v) is 7.82. The number of rotatable bonds is 3. The van der Waals surface area contributed by atoms with Crippen molar-refractivity contribution < 1.29 is 4.79 Å². The van der Waals surface area contributed by atoms with Gasteiger partial charge in [0.25, 0.3) is 0 Å². The number of benzene rings is 1. The lowest BCUT2D eigenvalue weighted by Crippen LogP contribution is -2.47. The summed E-state index contributed by atoms with van der Waals surface area (Å²) in [5, 5.41) is 3.18. The number of halogens is 1. The number of piperidine rings is 1. The predicted octanol–water partition coefficient (Wildman–Crippen LogP) is 3.58. The number of likely N-dealkylation sites (tertiary alicyclic amines) is 1. The number of hydrogen-bond acceptors (Lipinski definition) is 2. The van der Waals surface area contributed by atoms with Crippen molar-refractivity contribution in [1.82, 2.24) is 10.2 Å². The summed E-state index contributed by atoms with van der Waals surface area (Å²) in [7, 11) is 0. The van der Waals surface area contributed by atoms with Crippen LogP contribution in [0.3, 0.4) is 0 Å². The Morgan fingerprint density at radius 1 is 1.24 bits per heavy atom.